The highest BCUT2D eigenvalue weighted by Crippen LogP contribution is 2.14. The number of nitrogens with two attached hydrogens (primary N) is 1. The molecule has 0 unspecified atom stereocenters. The molecule has 0 heterocycles. The lowest BCUT2D eigenvalue weighted by Crippen LogP contribution is -2.12. The third-order valence-corrected chi connectivity index (χ3v) is 1.69. The Kier molecular flexibility index (Phi) is 2.24. The number of carbonyl (C=O) groups is 1. The maximum Gasteiger partial charge on any atom is 0.251 e. The van der Waals surface area contributed by atoms with Crippen molar-refractivity contribution in [2.75, 3.05) is 0 Å². The predicted molar refractivity (Wildman–Crippen MR) is 42.6 cm³/mol. The van der Waals surface area contributed by atoms with Gasteiger partial charge in [0.25, 0.3) is 5.91 Å². The van der Waals surface area contributed by atoms with E-state index in [1.165, 1.54) is 18.2 Å². The van der Waals surface area contributed by atoms with Crippen LogP contribution in [0.5, 0.6) is 0 Å². The minimum absolute atomic E-state index is 0.0978. The second kappa shape index (κ2) is 3.00. The Bertz CT molecular complexity index is 300. The Balaban J connectivity index is 3.23. The molecule has 2 N–H and O–H groups in total. The van der Waals surface area contributed by atoms with Crippen LogP contribution in [0.4, 0.5) is 4.39 Å². The first kappa shape index (κ1) is 8.20. The fourth-order valence-corrected chi connectivity index (χ4v) is 1.05. The molecule has 1 amide bonds. The minimum atomic E-state index is -0.760. The molecule has 1 rings (SSSR count). The van der Waals surface area contributed by atoms with Gasteiger partial charge in [0.1, 0.15) is 5.82 Å². The number of primary amides is 1. The van der Waals surface area contributed by atoms with E-state index in [2.05, 4.69) is 15.9 Å². The molecule has 0 aliphatic heterocycles. The Hall–Kier alpha value is -0.900. The summed E-state index contributed by atoms with van der Waals surface area (Å²) < 4.78 is 13.3. The second-order valence-corrected chi connectivity index (χ2v) is 2.90. The molecule has 1 aromatic carbocycles. The number of halogens is 2. The van der Waals surface area contributed by atoms with E-state index < -0.39 is 11.7 Å². The topological polar surface area (TPSA) is 43.1 Å². The number of carbonyl (C=O) groups excluding carboxylic acids is 1. The lowest BCUT2D eigenvalue weighted by molar-refractivity contribution is 0.0996. The van der Waals surface area contributed by atoms with Gasteiger partial charge in [-0.05, 0) is 18.2 Å². The van der Waals surface area contributed by atoms with Gasteiger partial charge in [0, 0.05) is 4.47 Å². The van der Waals surface area contributed by atoms with Gasteiger partial charge in [0.15, 0.2) is 0 Å². The van der Waals surface area contributed by atoms with E-state index in [1.807, 2.05) is 0 Å². The summed E-state index contributed by atoms with van der Waals surface area (Å²) in [5.74, 6) is -1.36. The molecule has 1 aromatic rings. The van der Waals surface area contributed by atoms with Gasteiger partial charge < -0.3 is 5.73 Å². The highest BCUT2D eigenvalue weighted by Gasteiger charge is 2.06. The molecule has 0 saturated carbocycles. The van der Waals surface area contributed by atoms with Crippen LogP contribution in [0.3, 0.4) is 0 Å². The van der Waals surface area contributed by atoms with Gasteiger partial charge in [0.2, 0.25) is 0 Å². The minimum Gasteiger partial charge on any atom is -0.366 e. The highest BCUT2D eigenvalue weighted by molar-refractivity contribution is 9.10. The average Bonchev–Trinajstić information content (AvgIpc) is 1.94. The molecule has 0 atom stereocenters. The van der Waals surface area contributed by atoms with E-state index in [0.717, 1.165) is 0 Å². The van der Waals surface area contributed by atoms with Crippen LogP contribution in [0.2, 0.25) is 0 Å². The van der Waals surface area contributed by atoms with Crippen LogP contribution < -0.4 is 5.73 Å². The number of rotatable bonds is 1. The van der Waals surface area contributed by atoms with Crippen molar-refractivity contribution >= 4 is 21.8 Å². The van der Waals surface area contributed by atoms with Crippen LogP contribution in [-0.4, -0.2) is 5.91 Å². The molecule has 11 heavy (non-hydrogen) atoms. The lowest BCUT2D eigenvalue weighted by Gasteiger charge is -1.97. The number of hydrogen-bond acceptors (Lipinski definition) is 1. The molecule has 0 aromatic heterocycles. The molecule has 0 aliphatic carbocycles. The van der Waals surface area contributed by atoms with Crippen LogP contribution in [0.15, 0.2) is 22.7 Å². The molecule has 0 bridgehead atoms. The zero-order chi connectivity index (χ0) is 8.43. The van der Waals surface area contributed by atoms with Crippen molar-refractivity contribution in [2.45, 2.75) is 0 Å². The van der Waals surface area contributed by atoms with Crippen molar-refractivity contribution in [2.24, 2.45) is 5.73 Å². The summed E-state index contributed by atoms with van der Waals surface area (Å²) in [4.78, 5) is 10.5. The van der Waals surface area contributed by atoms with Crippen molar-refractivity contribution in [3.8, 4) is 0 Å². The second-order valence-electron chi connectivity index (χ2n) is 1.99. The van der Waals surface area contributed by atoms with Gasteiger partial charge >= 0.3 is 0 Å². The molecule has 0 radical (unpaired) electrons. The van der Waals surface area contributed by atoms with Gasteiger partial charge in [0.05, 0.1) is 5.56 Å². The molecule has 0 aliphatic rings. The Morgan fingerprint density at radius 2 is 2.18 bits per heavy atom. The van der Waals surface area contributed by atoms with Gasteiger partial charge in [-0.25, -0.2) is 4.39 Å². The van der Waals surface area contributed by atoms with Crippen molar-refractivity contribution in [1.82, 2.24) is 0 Å². The fourth-order valence-electron chi connectivity index (χ4n) is 0.686. The average molecular weight is 218 g/mol. The van der Waals surface area contributed by atoms with Gasteiger partial charge in [-0.2, -0.15) is 0 Å². The summed E-state index contributed by atoms with van der Waals surface area (Å²) >= 11 is 3.09. The molecule has 0 saturated heterocycles. The van der Waals surface area contributed by atoms with Gasteiger partial charge in [-0.15, -0.1) is 0 Å². The van der Waals surface area contributed by atoms with E-state index >= 15 is 0 Å². The Labute approximate surface area is 71.3 Å². The molecular weight excluding hydrogens is 213 g/mol. The standard InChI is InChI=1S/C7H5BrFNO/c8-4-1-2-6(9)5(3-4)7(10)11/h1-3H,(H2,10,11). The van der Waals surface area contributed by atoms with Crippen molar-refractivity contribution in [3.05, 3.63) is 34.1 Å². The summed E-state index contributed by atoms with van der Waals surface area (Å²) in [6.07, 6.45) is 0. The summed E-state index contributed by atoms with van der Waals surface area (Å²) in [5, 5.41) is 0. The van der Waals surface area contributed by atoms with E-state index in [0.29, 0.717) is 4.47 Å². The Morgan fingerprint density at radius 1 is 1.55 bits per heavy atom. The van der Waals surface area contributed by atoms with Gasteiger partial charge in [-0.3, -0.25) is 4.79 Å². The first-order valence-corrected chi connectivity index (χ1v) is 3.65. The summed E-state index contributed by atoms with van der Waals surface area (Å²) in [6.45, 7) is 0. The van der Waals surface area contributed by atoms with Crippen LogP contribution >= 0.6 is 15.9 Å². The quantitative estimate of drug-likeness (QED) is 0.765. The highest BCUT2D eigenvalue weighted by atomic mass is 79.9. The maximum absolute atomic E-state index is 12.7. The third kappa shape index (κ3) is 1.77. The molecular formula is C7H5BrFNO. The van der Waals surface area contributed by atoms with Crippen LogP contribution in [-0.2, 0) is 0 Å². The van der Waals surface area contributed by atoms with Crippen LogP contribution in [0.1, 0.15) is 10.4 Å². The molecule has 0 fully saturated rings. The Morgan fingerprint density at radius 3 is 2.64 bits per heavy atom. The van der Waals surface area contributed by atoms with Crippen molar-refractivity contribution in [1.29, 1.82) is 0 Å². The van der Waals surface area contributed by atoms with E-state index in [1.54, 1.807) is 0 Å². The van der Waals surface area contributed by atoms with Gasteiger partial charge in [-0.1, -0.05) is 15.9 Å². The lowest BCUT2D eigenvalue weighted by atomic mass is 10.2. The van der Waals surface area contributed by atoms with E-state index in [9.17, 15) is 9.18 Å². The normalized spacial score (nSPS) is 9.64. The first-order valence-electron chi connectivity index (χ1n) is 2.86. The summed E-state index contributed by atoms with van der Waals surface area (Å²) in [5.41, 5.74) is 4.79. The predicted octanol–water partition coefficient (Wildman–Crippen LogP) is 1.69. The van der Waals surface area contributed by atoms with Crippen LogP contribution in [0.25, 0.3) is 0 Å². The maximum atomic E-state index is 12.7. The largest absolute Gasteiger partial charge is 0.366 e. The van der Waals surface area contributed by atoms with Crippen molar-refractivity contribution in [3.63, 3.8) is 0 Å². The monoisotopic (exact) mass is 217 g/mol. The molecule has 58 valence electrons. The molecule has 2 nitrogen and oxygen atoms in total. The zero-order valence-electron chi connectivity index (χ0n) is 5.47. The summed E-state index contributed by atoms with van der Waals surface area (Å²) in [6, 6.07) is 4.03. The first-order chi connectivity index (χ1) is 5.11. The zero-order valence-corrected chi connectivity index (χ0v) is 7.06. The van der Waals surface area contributed by atoms with Crippen LogP contribution in [0, 0.1) is 5.82 Å². The fraction of sp³-hybridized carbons (Fsp3) is 0. The molecule has 4 heteroatoms. The molecule has 0 spiro atoms. The third-order valence-electron chi connectivity index (χ3n) is 1.19. The smallest absolute Gasteiger partial charge is 0.251 e. The number of hydrogen-bond donors (Lipinski definition) is 1. The number of benzene rings is 1. The van der Waals surface area contributed by atoms with E-state index in [4.69, 9.17) is 5.73 Å². The SMILES string of the molecule is NC(=O)c1cc(Br)ccc1F. The van der Waals surface area contributed by atoms with Crippen molar-refractivity contribution < 1.29 is 9.18 Å². The number of amides is 1. The summed E-state index contributed by atoms with van der Waals surface area (Å²) in [7, 11) is 0. The van der Waals surface area contributed by atoms with E-state index in [-0.39, 0.29) is 5.56 Å².